The minimum atomic E-state index is -3.16. The van der Waals surface area contributed by atoms with Gasteiger partial charge in [0.1, 0.15) is 0 Å². The number of nitrogens with one attached hydrogen (secondary N) is 1. The molecule has 0 radical (unpaired) electrons. The quantitative estimate of drug-likeness (QED) is 0.120. The van der Waals surface area contributed by atoms with Crippen molar-refractivity contribution in [3.63, 3.8) is 0 Å². The second-order valence-corrected chi connectivity index (χ2v) is 39.2. The van der Waals surface area contributed by atoms with Crippen molar-refractivity contribution < 1.29 is 4.79 Å². The van der Waals surface area contributed by atoms with Crippen LogP contribution < -0.4 is 12.5 Å². The number of benzene rings is 1. The number of halogens is 1. The van der Waals surface area contributed by atoms with Gasteiger partial charge in [0.05, 0.1) is 0 Å². The van der Waals surface area contributed by atoms with Crippen molar-refractivity contribution in [1.29, 1.82) is 0 Å². The van der Waals surface area contributed by atoms with Gasteiger partial charge in [0.25, 0.3) is 0 Å². The Bertz CT molecular complexity index is 1000. The van der Waals surface area contributed by atoms with Gasteiger partial charge < -0.3 is 0 Å². The molecule has 0 aliphatic heterocycles. The monoisotopic (exact) mass is 812 g/mol. The summed E-state index contributed by atoms with van der Waals surface area (Å²) in [5, 5.41) is 4.25. The van der Waals surface area contributed by atoms with Crippen LogP contribution in [-0.4, -0.2) is 47.6 Å². The van der Waals surface area contributed by atoms with E-state index in [2.05, 4.69) is 53.1 Å². The predicted molar refractivity (Wildman–Crippen MR) is 193 cm³/mol. The minimum absolute atomic E-state index is 0.0632. The van der Waals surface area contributed by atoms with E-state index in [1.807, 2.05) is 30.3 Å². The number of para-hydroxylation sites is 1. The second kappa shape index (κ2) is 20.7. The van der Waals surface area contributed by atoms with Crippen molar-refractivity contribution in [2.75, 3.05) is 5.32 Å². The summed E-state index contributed by atoms with van der Waals surface area (Å²) < 4.78 is 10.7. The third kappa shape index (κ3) is 10.7. The maximum atomic E-state index is 14.2. The van der Waals surface area contributed by atoms with Crippen molar-refractivity contribution in [3.05, 3.63) is 47.2 Å². The number of rotatable bonds is 22. The zero-order valence-corrected chi connectivity index (χ0v) is 34.4. The molecule has 0 aliphatic rings. The maximum absolute atomic E-state index is 14.2. The van der Waals surface area contributed by atoms with E-state index in [-0.39, 0.29) is 5.91 Å². The van der Waals surface area contributed by atoms with Crippen molar-refractivity contribution in [3.8, 4) is 0 Å². The molecule has 0 saturated carbocycles. The predicted octanol–water partition coefficient (Wildman–Crippen LogP) is 11.1. The third-order valence-electron chi connectivity index (χ3n) is 9.42. The van der Waals surface area contributed by atoms with Gasteiger partial charge >= 0.3 is 275 Å². The fourth-order valence-electron chi connectivity index (χ4n) is 6.85. The van der Waals surface area contributed by atoms with Crippen LogP contribution >= 0.6 is 11.6 Å². The van der Waals surface area contributed by atoms with Crippen LogP contribution in [0.3, 0.4) is 0 Å². The molecule has 1 heterocycles. The van der Waals surface area contributed by atoms with E-state index in [1.165, 1.54) is 111 Å². The van der Waals surface area contributed by atoms with Gasteiger partial charge in [-0.1, -0.05) is 0 Å². The summed E-state index contributed by atoms with van der Waals surface area (Å²) >= 11 is 1.83. The summed E-state index contributed by atoms with van der Waals surface area (Å²) in [7, 11) is 0. The molecule has 0 unspecified atom stereocenters. The zero-order chi connectivity index (χ0) is 30.8. The van der Waals surface area contributed by atoms with Crippen LogP contribution in [0.15, 0.2) is 36.5 Å². The van der Waals surface area contributed by atoms with Gasteiger partial charge in [-0.25, -0.2) is 0 Å². The summed E-state index contributed by atoms with van der Waals surface area (Å²) in [5.74, 6) is -0.0632. The molecule has 6 heteroatoms. The molecule has 42 heavy (non-hydrogen) atoms. The number of unbranched alkanes of at least 4 members (excludes halogenated alkanes) is 6. The van der Waals surface area contributed by atoms with Crippen molar-refractivity contribution in [2.24, 2.45) is 0 Å². The van der Waals surface area contributed by atoms with E-state index in [4.69, 9.17) is 16.6 Å². The first-order chi connectivity index (χ1) is 20.4. The Hall–Kier alpha value is -0.273. The number of nitrogens with zero attached hydrogens (tertiary/aromatic N) is 1. The first-order valence-electron chi connectivity index (χ1n) is 17.4. The third-order valence-corrected chi connectivity index (χ3v) is 41.9. The summed E-state index contributed by atoms with van der Waals surface area (Å²) in [6.07, 6.45) is 17.0. The molecule has 0 saturated heterocycles. The van der Waals surface area contributed by atoms with Crippen molar-refractivity contribution in [1.82, 2.24) is 4.98 Å². The molecular weight excluding hydrogens is 749 g/mol. The fourth-order valence-corrected chi connectivity index (χ4v) is 43.4. The van der Waals surface area contributed by atoms with Gasteiger partial charge in [-0.05, 0) is 0 Å². The molecule has 0 bridgehead atoms. The number of aromatic nitrogens is 1. The normalized spacial score (nSPS) is 12.1. The molecule has 1 aromatic heterocycles. The molecule has 1 aromatic carbocycles. The van der Waals surface area contributed by atoms with Crippen LogP contribution in [0.5, 0.6) is 0 Å². The Balaban J connectivity index is 2.91. The molecule has 0 aliphatic carbocycles. The van der Waals surface area contributed by atoms with Crippen LogP contribution in [0.1, 0.15) is 129 Å². The average molecular weight is 811 g/mol. The average Bonchev–Trinajstić information content (AvgIpc) is 3.01. The molecule has 1 amide bonds. The summed E-state index contributed by atoms with van der Waals surface area (Å²) in [6, 6.07) is 9.88. The summed E-state index contributed by atoms with van der Waals surface area (Å²) in [6.45, 7) is 14.0. The Morgan fingerprint density at radius 3 is 1.48 bits per heavy atom. The first kappa shape index (κ1) is 37.9. The van der Waals surface area contributed by atoms with Gasteiger partial charge in [0.2, 0.25) is 0 Å². The first-order valence-corrected chi connectivity index (χ1v) is 32.8. The van der Waals surface area contributed by atoms with Gasteiger partial charge in [0.15, 0.2) is 0 Å². The Kier molecular flexibility index (Phi) is 18.7. The number of carbonyl (C=O) groups is 1. The number of carbonyl (C=O) groups excluding carboxylic acids is 1. The van der Waals surface area contributed by atoms with Crippen molar-refractivity contribution >= 4 is 67.1 Å². The molecule has 0 atom stereocenters. The van der Waals surface area contributed by atoms with Gasteiger partial charge in [-0.3, -0.25) is 0 Å². The van der Waals surface area contributed by atoms with Gasteiger partial charge in [0, 0.05) is 0 Å². The molecule has 3 nitrogen and oxygen atoms in total. The Morgan fingerprint density at radius 2 is 1.07 bits per heavy atom. The van der Waals surface area contributed by atoms with E-state index in [0.29, 0.717) is 5.69 Å². The Labute approximate surface area is 272 Å². The zero-order valence-electron chi connectivity index (χ0n) is 27.9. The second-order valence-electron chi connectivity index (χ2n) is 12.7. The van der Waals surface area contributed by atoms with Crippen LogP contribution in [0.4, 0.5) is 5.69 Å². The molecule has 2 rings (SSSR count). The molecule has 236 valence electrons. The fraction of sp³-hybridized carbons (Fsp3) is 0.667. The number of hydrogen-bond acceptors (Lipinski definition) is 2. The van der Waals surface area contributed by atoms with Crippen LogP contribution in [-0.2, 0) is 0 Å². The Morgan fingerprint density at radius 1 is 0.667 bits per heavy atom. The van der Waals surface area contributed by atoms with Gasteiger partial charge in [-0.2, -0.15) is 0 Å². The standard InChI is InChI=1S/C12H7ClN2O.6C4H9.2Sn/c13-9-6-7-14-11(8-9)12(16)15-10-4-2-1-3-5-10;6*1-3-4-2;;/h1-5,7H,(H,15,16);6*1,3-4H2,2H3;;. The van der Waals surface area contributed by atoms with Crippen LogP contribution in [0.25, 0.3) is 0 Å². The van der Waals surface area contributed by atoms with E-state index in [1.54, 1.807) is 0 Å². The summed E-state index contributed by atoms with van der Waals surface area (Å²) in [4.78, 5) is 19.4. The topological polar surface area (TPSA) is 42.0 Å². The van der Waals surface area contributed by atoms with Crippen LogP contribution in [0, 0.1) is 0 Å². The molecule has 0 spiro atoms. The van der Waals surface area contributed by atoms with E-state index in [0.717, 1.165) is 10.7 Å². The van der Waals surface area contributed by atoms with E-state index < -0.39 is 36.8 Å². The molecule has 0 fully saturated rings. The van der Waals surface area contributed by atoms with Crippen molar-refractivity contribution in [2.45, 2.75) is 145 Å². The molecule has 2 aromatic rings. The number of amides is 1. The molecular formula is C36H61ClN2OSn2. The van der Waals surface area contributed by atoms with E-state index in [9.17, 15) is 4.79 Å². The molecule has 1 N–H and O–H groups in total. The SMILES string of the molecule is CCC[CH2][Sn]([CH2]CCC)([CH2]CCC)[c]1cnc(C(=O)Nc2ccccc2)[c]([Sn]([CH2]CCC)([CH2]CCC)[CH2]CCC)c1Cl. The summed E-state index contributed by atoms with van der Waals surface area (Å²) in [5.41, 5.74) is 1.49. The van der Waals surface area contributed by atoms with Gasteiger partial charge in [-0.15, -0.1) is 0 Å². The van der Waals surface area contributed by atoms with E-state index >= 15 is 0 Å². The van der Waals surface area contributed by atoms with Crippen LogP contribution in [0.2, 0.25) is 31.6 Å². The number of pyridine rings is 1. The number of hydrogen-bond donors (Lipinski definition) is 1. The number of anilines is 1.